The van der Waals surface area contributed by atoms with Crippen molar-refractivity contribution in [3.63, 3.8) is 0 Å². The molecule has 0 saturated carbocycles. The van der Waals surface area contributed by atoms with Crippen LogP contribution in [0.15, 0.2) is 30.3 Å². The Morgan fingerprint density at radius 3 is 2.12 bits per heavy atom. The first kappa shape index (κ1) is 5.82. The van der Waals surface area contributed by atoms with Gasteiger partial charge in [-0.1, -0.05) is 0 Å². The van der Waals surface area contributed by atoms with Crippen molar-refractivity contribution in [3.05, 3.63) is 30.3 Å². The first-order valence-corrected chi connectivity index (χ1v) is 3.39. The average Bonchev–Trinajstić information content (AvgIpc) is 1.90. The fourth-order valence-corrected chi connectivity index (χ4v) is 0.871. The second-order valence-electron chi connectivity index (χ2n) is 1.37. The molecule has 0 fully saturated rings. The molecular formula is C6H7CoN. The Morgan fingerprint density at radius 1 is 1.12 bits per heavy atom. The van der Waals surface area contributed by atoms with Gasteiger partial charge in [-0.25, -0.2) is 0 Å². The van der Waals surface area contributed by atoms with Crippen molar-refractivity contribution in [2.24, 2.45) is 4.78 Å². The van der Waals surface area contributed by atoms with Crippen molar-refractivity contribution in [1.29, 1.82) is 0 Å². The van der Waals surface area contributed by atoms with Gasteiger partial charge in [-0.15, -0.1) is 0 Å². The number of benzene rings is 1. The van der Waals surface area contributed by atoms with Gasteiger partial charge in [-0.05, 0) is 0 Å². The molecule has 0 spiro atoms. The van der Waals surface area contributed by atoms with Crippen LogP contribution in [0.5, 0.6) is 0 Å². The van der Waals surface area contributed by atoms with E-state index >= 15 is 0 Å². The van der Waals surface area contributed by atoms with E-state index in [1.807, 2.05) is 30.3 Å². The molecule has 0 radical (unpaired) electrons. The molecule has 0 aliphatic carbocycles. The van der Waals surface area contributed by atoms with E-state index in [0.717, 1.165) is 19.4 Å². The van der Waals surface area contributed by atoms with Crippen LogP contribution >= 0.6 is 0 Å². The van der Waals surface area contributed by atoms with Crippen LogP contribution in [0.1, 0.15) is 0 Å². The summed E-state index contributed by atoms with van der Waals surface area (Å²) < 4.78 is 1.16. The van der Waals surface area contributed by atoms with E-state index in [1.54, 1.807) is 0 Å². The molecule has 0 heterocycles. The second kappa shape index (κ2) is 2.87. The van der Waals surface area contributed by atoms with Crippen molar-refractivity contribution in [1.82, 2.24) is 0 Å². The fraction of sp³-hybridized carbons (Fsp3) is 0. The second-order valence-corrected chi connectivity index (χ2v) is 2.27. The van der Waals surface area contributed by atoms with Gasteiger partial charge in [0.15, 0.2) is 0 Å². The van der Waals surface area contributed by atoms with Crippen molar-refractivity contribution in [2.75, 3.05) is 0 Å². The summed E-state index contributed by atoms with van der Waals surface area (Å²) in [7, 11) is 0. The Labute approximate surface area is 55.1 Å². The van der Waals surface area contributed by atoms with Gasteiger partial charge in [0.25, 0.3) is 0 Å². The first-order chi connectivity index (χ1) is 3.93. The number of nitrogens with two attached hydrogens (primary N) is 1. The van der Waals surface area contributed by atoms with Crippen molar-refractivity contribution < 1.29 is 14.9 Å². The maximum absolute atomic E-state index is 5.32. The van der Waals surface area contributed by atoms with Crippen LogP contribution in [0.3, 0.4) is 0 Å². The molecule has 8 heavy (non-hydrogen) atoms. The Balaban J connectivity index is 2.83. The molecule has 0 unspecified atom stereocenters. The van der Waals surface area contributed by atoms with Crippen molar-refractivity contribution >= 4 is 4.50 Å². The monoisotopic (exact) mass is 152 g/mol. The molecule has 0 atom stereocenters. The predicted molar refractivity (Wildman–Crippen MR) is 30.3 cm³/mol. The van der Waals surface area contributed by atoms with Gasteiger partial charge in [-0.3, -0.25) is 0 Å². The number of rotatable bonds is 1. The van der Waals surface area contributed by atoms with Crippen molar-refractivity contribution in [3.8, 4) is 0 Å². The normalized spacial score (nSPS) is 9.62. The Bertz CT molecular complexity index is 150. The molecule has 0 bridgehead atoms. The summed E-state index contributed by atoms with van der Waals surface area (Å²) in [5, 5.41) is 0. The third-order valence-electron chi connectivity index (χ3n) is 0.829. The van der Waals surface area contributed by atoms with Crippen LogP contribution < -0.4 is 9.28 Å². The summed E-state index contributed by atoms with van der Waals surface area (Å²) in [6.07, 6.45) is 0. The third-order valence-corrected chi connectivity index (χ3v) is 1.52. The molecule has 0 amide bonds. The Kier molecular flexibility index (Phi) is 2.08. The van der Waals surface area contributed by atoms with Crippen molar-refractivity contribution in [2.45, 2.75) is 0 Å². The van der Waals surface area contributed by atoms with E-state index in [1.165, 1.54) is 0 Å². The van der Waals surface area contributed by atoms with E-state index in [-0.39, 0.29) is 0 Å². The summed E-state index contributed by atoms with van der Waals surface area (Å²) in [6.45, 7) is 0. The van der Waals surface area contributed by atoms with Crippen LogP contribution in [0.25, 0.3) is 0 Å². The zero-order chi connectivity index (χ0) is 5.82. The predicted octanol–water partition coefficient (Wildman–Crippen LogP) is 0.268. The first-order valence-electron chi connectivity index (χ1n) is 2.27. The Morgan fingerprint density at radius 2 is 1.75 bits per heavy atom. The zero-order valence-corrected chi connectivity index (χ0v) is 5.34. The van der Waals surface area contributed by atoms with Gasteiger partial charge in [0.1, 0.15) is 0 Å². The summed E-state index contributed by atoms with van der Waals surface area (Å²) >= 11 is 0.876. The van der Waals surface area contributed by atoms with Crippen LogP contribution in [0.4, 0.5) is 0 Å². The molecule has 1 aromatic carbocycles. The van der Waals surface area contributed by atoms with E-state index < -0.39 is 0 Å². The molecule has 45 valence electrons. The molecule has 2 N–H and O–H groups in total. The van der Waals surface area contributed by atoms with Gasteiger partial charge in [-0.2, -0.15) is 0 Å². The van der Waals surface area contributed by atoms with Crippen LogP contribution in [-0.2, 0) is 14.9 Å². The van der Waals surface area contributed by atoms with Gasteiger partial charge in [0.2, 0.25) is 0 Å². The molecule has 1 rings (SSSR count). The molecular weight excluding hydrogens is 145 g/mol. The molecule has 0 aliphatic rings. The number of hydrogen-bond donors (Lipinski definition) is 1. The molecule has 2 heteroatoms. The third kappa shape index (κ3) is 1.33. The molecule has 1 nitrogen and oxygen atoms in total. The topological polar surface area (TPSA) is 26.0 Å². The maximum atomic E-state index is 5.32. The van der Waals surface area contributed by atoms with E-state index in [9.17, 15) is 0 Å². The van der Waals surface area contributed by atoms with Crippen LogP contribution in [0, 0.1) is 0 Å². The van der Waals surface area contributed by atoms with Gasteiger partial charge < -0.3 is 0 Å². The van der Waals surface area contributed by atoms with E-state index in [2.05, 4.69) is 0 Å². The Hall–Kier alpha value is -0.314. The SMILES string of the molecule is [NH2][Co][c]1ccccc1. The van der Waals surface area contributed by atoms with Gasteiger partial charge >= 0.3 is 54.5 Å². The van der Waals surface area contributed by atoms with Crippen LogP contribution in [0.2, 0.25) is 0 Å². The minimum atomic E-state index is 0.876. The molecule has 0 saturated heterocycles. The summed E-state index contributed by atoms with van der Waals surface area (Å²) in [5.74, 6) is 0. The summed E-state index contributed by atoms with van der Waals surface area (Å²) in [5.41, 5.74) is 0. The quantitative estimate of drug-likeness (QED) is 0.614. The standard InChI is InChI=1S/C6H5.Co.H2N/c1-2-4-6-5-3-1;;/h1-5H;;1H2/q;+1;-1. The average molecular weight is 152 g/mol. The molecule has 0 aliphatic heterocycles. The summed E-state index contributed by atoms with van der Waals surface area (Å²) in [4.78, 5) is 5.32. The fourth-order valence-electron chi connectivity index (χ4n) is 0.470. The number of hydrogen-bond acceptors (Lipinski definition) is 1. The van der Waals surface area contributed by atoms with Crippen LogP contribution in [-0.4, -0.2) is 0 Å². The van der Waals surface area contributed by atoms with Gasteiger partial charge in [0.05, 0.1) is 0 Å². The van der Waals surface area contributed by atoms with E-state index in [4.69, 9.17) is 4.78 Å². The molecule has 1 aromatic rings. The molecule has 0 aromatic heterocycles. The summed E-state index contributed by atoms with van der Waals surface area (Å²) in [6, 6.07) is 9.94. The van der Waals surface area contributed by atoms with Gasteiger partial charge in [0, 0.05) is 0 Å². The van der Waals surface area contributed by atoms with E-state index in [0.29, 0.717) is 0 Å². The minimum absolute atomic E-state index is 0.876. The zero-order valence-electron chi connectivity index (χ0n) is 4.30.